The molecular formula is C14H20FN. The third kappa shape index (κ3) is 2.82. The van der Waals surface area contributed by atoms with E-state index in [1.165, 1.54) is 12.0 Å². The van der Waals surface area contributed by atoms with E-state index in [-0.39, 0.29) is 5.82 Å². The van der Waals surface area contributed by atoms with Gasteiger partial charge in [0.25, 0.3) is 0 Å². The summed E-state index contributed by atoms with van der Waals surface area (Å²) in [5.74, 6) is 1.59. The third-order valence-electron chi connectivity index (χ3n) is 3.58. The Bertz CT molecular complexity index is 333. The van der Waals surface area contributed by atoms with Gasteiger partial charge in [0.1, 0.15) is 5.82 Å². The highest BCUT2D eigenvalue weighted by Crippen LogP contribution is 2.37. The molecule has 3 unspecified atom stereocenters. The fourth-order valence-electron chi connectivity index (χ4n) is 2.17. The molecule has 0 amide bonds. The van der Waals surface area contributed by atoms with Crippen LogP contribution in [0.15, 0.2) is 24.3 Å². The van der Waals surface area contributed by atoms with Crippen molar-refractivity contribution in [3.05, 3.63) is 35.6 Å². The molecule has 1 saturated carbocycles. The van der Waals surface area contributed by atoms with Gasteiger partial charge in [-0.05, 0) is 48.9 Å². The molecule has 2 heteroatoms. The molecule has 2 rings (SSSR count). The lowest BCUT2D eigenvalue weighted by Gasteiger charge is -2.17. The summed E-state index contributed by atoms with van der Waals surface area (Å²) >= 11 is 0. The number of benzene rings is 1. The fraction of sp³-hybridized carbons (Fsp3) is 0.571. The Kier molecular flexibility index (Phi) is 3.59. The fourth-order valence-corrected chi connectivity index (χ4v) is 2.17. The number of halogens is 1. The Labute approximate surface area is 97.1 Å². The minimum atomic E-state index is -0.158. The molecule has 0 spiro atoms. The molecule has 1 N–H and O–H groups in total. The predicted molar refractivity (Wildman–Crippen MR) is 64.7 cm³/mol. The lowest BCUT2D eigenvalue weighted by atomic mass is 10.0. The van der Waals surface area contributed by atoms with Crippen molar-refractivity contribution >= 4 is 0 Å². The summed E-state index contributed by atoms with van der Waals surface area (Å²) < 4.78 is 12.8. The lowest BCUT2D eigenvalue weighted by Crippen LogP contribution is -2.23. The molecule has 0 heterocycles. The van der Waals surface area contributed by atoms with E-state index in [0.717, 1.165) is 24.8 Å². The standard InChI is InChI=1S/C14H20FN/c1-3-14(16-9-12-8-10(12)2)11-4-6-13(15)7-5-11/h4-7,10,12,14,16H,3,8-9H2,1-2H3. The van der Waals surface area contributed by atoms with Crippen LogP contribution in [0.1, 0.15) is 38.3 Å². The Morgan fingerprint density at radius 2 is 2.00 bits per heavy atom. The molecular weight excluding hydrogens is 201 g/mol. The van der Waals surface area contributed by atoms with Gasteiger partial charge < -0.3 is 5.32 Å². The molecule has 16 heavy (non-hydrogen) atoms. The Morgan fingerprint density at radius 3 is 2.50 bits per heavy atom. The van der Waals surface area contributed by atoms with Gasteiger partial charge in [-0.1, -0.05) is 26.0 Å². The van der Waals surface area contributed by atoms with Gasteiger partial charge in [-0.3, -0.25) is 0 Å². The second-order valence-electron chi connectivity index (χ2n) is 4.89. The third-order valence-corrected chi connectivity index (χ3v) is 3.58. The minimum Gasteiger partial charge on any atom is -0.310 e. The Morgan fingerprint density at radius 1 is 1.38 bits per heavy atom. The number of rotatable bonds is 5. The van der Waals surface area contributed by atoms with Gasteiger partial charge in [0, 0.05) is 6.04 Å². The van der Waals surface area contributed by atoms with E-state index in [0.29, 0.717) is 6.04 Å². The van der Waals surface area contributed by atoms with Crippen molar-refractivity contribution < 1.29 is 4.39 Å². The molecule has 0 saturated heterocycles. The van der Waals surface area contributed by atoms with E-state index in [1.807, 2.05) is 12.1 Å². The van der Waals surface area contributed by atoms with E-state index in [1.54, 1.807) is 12.1 Å². The molecule has 0 radical (unpaired) electrons. The molecule has 1 aliphatic rings. The number of nitrogens with one attached hydrogen (secondary N) is 1. The van der Waals surface area contributed by atoms with E-state index in [2.05, 4.69) is 19.2 Å². The Balaban J connectivity index is 1.90. The quantitative estimate of drug-likeness (QED) is 0.802. The summed E-state index contributed by atoms with van der Waals surface area (Å²) in [4.78, 5) is 0. The molecule has 1 aromatic rings. The summed E-state index contributed by atoms with van der Waals surface area (Å²) in [5, 5.41) is 3.58. The van der Waals surface area contributed by atoms with Crippen LogP contribution in [0.5, 0.6) is 0 Å². The molecule has 1 fully saturated rings. The first-order chi connectivity index (χ1) is 7.70. The molecule has 3 atom stereocenters. The van der Waals surface area contributed by atoms with Crippen molar-refractivity contribution in [2.75, 3.05) is 6.54 Å². The molecule has 88 valence electrons. The zero-order chi connectivity index (χ0) is 11.5. The van der Waals surface area contributed by atoms with Crippen LogP contribution >= 0.6 is 0 Å². The van der Waals surface area contributed by atoms with Crippen molar-refractivity contribution in [1.82, 2.24) is 5.32 Å². The van der Waals surface area contributed by atoms with E-state index >= 15 is 0 Å². The highest BCUT2D eigenvalue weighted by atomic mass is 19.1. The second kappa shape index (κ2) is 4.96. The first-order valence-corrected chi connectivity index (χ1v) is 6.19. The number of hydrogen-bond acceptors (Lipinski definition) is 1. The maximum atomic E-state index is 12.8. The van der Waals surface area contributed by atoms with Crippen LogP contribution in [-0.2, 0) is 0 Å². The summed E-state index contributed by atoms with van der Waals surface area (Å²) in [6, 6.07) is 7.21. The lowest BCUT2D eigenvalue weighted by molar-refractivity contribution is 0.492. The molecule has 0 aliphatic heterocycles. The first kappa shape index (κ1) is 11.6. The average molecular weight is 221 g/mol. The molecule has 1 aliphatic carbocycles. The minimum absolute atomic E-state index is 0.158. The van der Waals surface area contributed by atoms with Crippen LogP contribution in [-0.4, -0.2) is 6.54 Å². The van der Waals surface area contributed by atoms with E-state index in [4.69, 9.17) is 0 Å². The van der Waals surface area contributed by atoms with Crippen molar-refractivity contribution in [1.29, 1.82) is 0 Å². The van der Waals surface area contributed by atoms with E-state index in [9.17, 15) is 4.39 Å². The van der Waals surface area contributed by atoms with Gasteiger partial charge in [-0.2, -0.15) is 0 Å². The van der Waals surface area contributed by atoms with Gasteiger partial charge >= 0.3 is 0 Å². The average Bonchev–Trinajstić information content (AvgIpc) is 2.98. The van der Waals surface area contributed by atoms with Crippen molar-refractivity contribution in [2.24, 2.45) is 11.8 Å². The first-order valence-electron chi connectivity index (χ1n) is 6.19. The topological polar surface area (TPSA) is 12.0 Å². The van der Waals surface area contributed by atoms with Gasteiger partial charge in [-0.25, -0.2) is 4.39 Å². The van der Waals surface area contributed by atoms with Crippen LogP contribution in [0.25, 0.3) is 0 Å². The largest absolute Gasteiger partial charge is 0.310 e. The van der Waals surface area contributed by atoms with Gasteiger partial charge in [0.2, 0.25) is 0 Å². The molecule has 0 aromatic heterocycles. The zero-order valence-electron chi connectivity index (χ0n) is 10.0. The van der Waals surface area contributed by atoms with Crippen LogP contribution < -0.4 is 5.32 Å². The normalized spacial score (nSPS) is 25.4. The summed E-state index contributed by atoms with van der Waals surface area (Å²) in [5.41, 5.74) is 1.19. The van der Waals surface area contributed by atoms with E-state index < -0.39 is 0 Å². The summed E-state index contributed by atoms with van der Waals surface area (Å²) in [6.45, 7) is 5.56. The maximum Gasteiger partial charge on any atom is 0.123 e. The molecule has 1 aromatic carbocycles. The summed E-state index contributed by atoms with van der Waals surface area (Å²) in [6.07, 6.45) is 2.40. The molecule has 0 bridgehead atoms. The predicted octanol–water partition coefficient (Wildman–Crippen LogP) is 3.52. The maximum absolute atomic E-state index is 12.8. The number of hydrogen-bond donors (Lipinski definition) is 1. The second-order valence-corrected chi connectivity index (χ2v) is 4.89. The monoisotopic (exact) mass is 221 g/mol. The van der Waals surface area contributed by atoms with Crippen LogP contribution in [0.2, 0.25) is 0 Å². The van der Waals surface area contributed by atoms with Gasteiger partial charge in [0.15, 0.2) is 0 Å². The van der Waals surface area contributed by atoms with Gasteiger partial charge in [-0.15, -0.1) is 0 Å². The van der Waals surface area contributed by atoms with Crippen LogP contribution in [0.3, 0.4) is 0 Å². The summed E-state index contributed by atoms with van der Waals surface area (Å²) in [7, 11) is 0. The highest BCUT2D eigenvalue weighted by molar-refractivity contribution is 5.19. The smallest absolute Gasteiger partial charge is 0.123 e. The molecule has 1 nitrogen and oxygen atoms in total. The van der Waals surface area contributed by atoms with Crippen molar-refractivity contribution in [3.63, 3.8) is 0 Å². The SMILES string of the molecule is CCC(NCC1CC1C)c1ccc(F)cc1. The highest BCUT2D eigenvalue weighted by Gasteiger charge is 2.32. The van der Waals surface area contributed by atoms with Crippen LogP contribution in [0, 0.1) is 17.7 Å². The Hall–Kier alpha value is -0.890. The van der Waals surface area contributed by atoms with Gasteiger partial charge in [0.05, 0.1) is 0 Å². The van der Waals surface area contributed by atoms with Crippen molar-refractivity contribution in [3.8, 4) is 0 Å². The van der Waals surface area contributed by atoms with Crippen LogP contribution in [0.4, 0.5) is 4.39 Å². The van der Waals surface area contributed by atoms with Crippen molar-refractivity contribution in [2.45, 2.75) is 32.7 Å². The zero-order valence-corrected chi connectivity index (χ0v) is 10.0.